The number of piperidine rings is 1. The molecule has 0 amide bonds. The number of guanidine groups is 1. The molecule has 110 valence electrons. The Kier molecular flexibility index (Phi) is 6.04. The molecule has 0 aromatic rings. The molecular formula is C12H25N5O2. The molecule has 0 bridgehead atoms. The van der Waals surface area contributed by atoms with E-state index in [4.69, 9.17) is 11.5 Å². The highest BCUT2D eigenvalue weighted by Crippen LogP contribution is 2.17. The van der Waals surface area contributed by atoms with Gasteiger partial charge in [0.2, 0.25) is 0 Å². The molecule has 1 aliphatic heterocycles. The van der Waals surface area contributed by atoms with Crippen LogP contribution in [0.5, 0.6) is 0 Å². The Hall–Kier alpha value is -1.34. The summed E-state index contributed by atoms with van der Waals surface area (Å²) in [5, 5.41) is 15.8. The van der Waals surface area contributed by atoms with E-state index in [0.717, 1.165) is 25.8 Å². The van der Waals surface area contributed by atoms with E-state index in [1.165, 1.54) is 0 Å². The van der Waals surface area contributed by atoms with Gasteiger partial charge >= 0.3 is 5.97 Å². The van der Waals surface area contributed by atoms with E-state index in [1.54, 1.807) is 0 Å². The smallest absolute Gasteiger partial charge is 0.320 e. The van der Waals surface area contributed by atoms with Crippen LogP contribution in [0.3, 0.4) is 0 Å². The summed E-state index contributed by atoms with van der Waals surface area (Å²) in [5.74, 6) is -0.793. The van der Waals surface area contributed by atoms with Gasteiger partial charge < -0.3 is 16.6 Å². The van der Waals surface area contributed by atoms with Crippen molar-refractivity contribution in [3.8, 4) is 0 Å². The highest BCUT2D eigenvalue weighted by Gasteiger charge is 2.31. The van der Waals surface area contributed by atoms with Crippen molar-refractivity contribution in [3.05, 3.63) is 0 Å². The third kappa shape index (κ3) is 5.89. The lowest BCUT2D eigenvalue weighted by Gasteiger charge is -2.38. The van der Waals surface area contributed by atoms with Crippen molar-refractivity contribution < 1.29 is 9.90 Å². The Morgan fingerprint density at radius 2 is 2.26 bits per heavy atom. The SMILES string of the molecule is CC1(N[C@@H](CCCN=C(N)N)C(=O)O)CCCCN1. The van der Waals surface area contributed by atoms with Gasteiger partial charge in [-0.2, -0.15) is 0 Å². The summed E-state index contributed by atoms with van der Waals surface area (Å²) in [7, 11) is 0. The van der Waals surface area contributed by atoms with Crippen LogP contribution in [0.4, 0.5) is 0 Å². The number of carbonyl (C=O) groups is 1. The number of nitrogens with zero attached hydrogens (tertiary/aromatic N) is 1. The highest BCUT2D eigenvalue weighted by molar-refractivity contribution is 5.75. The normalized spacial score (nSPS) is 24.7. The monoisotopic (exact) mass is 271 g/mol. The fourth-order valence-electron chi connectivity index (χ4n) is 2.32. The molecule has 7 heteroatoms. The summed E-state index contributed by atoms with van der Waals surface area (Å²) in [5.41, 5.74) is 10.2. The lowest BCUT2D eigenvalue weighted by atomic mass is 9.97. The molecule has 0 saturated carbocycles. The van der Waals surface area contributed by atoms with E-state index in [2.05, 4.69) is 15.6 Å². The first kappa shape index (κ1) is 15.7. The van der Waals surface area contributed by atoms with Crippen LogP contribution >= 0.6 is 0 Å². The molecule has 0 radical (unpaired) electrons. The van der Waals surface area contributed by atoms with E-state index in [9.17, 15) is 9.90 Å². The van der Waals surface area contributed by atoms with E-state index in [-0.39, 0.29) is 11.6 Å². The number of rotatable bonds is 7. The molecule has 0 aromatic heterocycles. The van der Waals surface area contributed by atoms with E-state index >= 15 is 0 Å². The van der Waals surface area contributed by atoms with E-state index in [1.807, 2.05) is 6.92 Å². The second-order valence-corrected chi connectivity index (χ2v) is 5.20. The predicted molar refractivity (Wildman–Crippen MR) is 74.7 cm³/mol. The molecule has 1 fully saturated rings. The van der Waals surface area contributed by atoms with Crippen molar-refractivity contribution in [1.29, 1.82) is 0 Å². The summed E-state index contributed by atoms with van der Waals surface area (Å²) in [4.78, 5) is 15.1. The molecule has 2 atom stereocenters. The van der Waals surface area contributed by atoms with Crippen molar-refractivity contribution >= 4 is 11.9 Å². The van der Waals surface area contributed by atoms with Crippen LogP contribution in [0.15, 0.2) is 4.99 Å². The van der Waals surface area contributed by atoms with E-state index < -0.39 is 12.0 Å². The van der Waals surface area contributed by atoms with Crippen LogP contribution < -0.4 is 22.1 Å². The summed E-state index contributed by atoms with van der Waals surface area (Å²) in [6, 6.07) is -0.579. The fraction of sp³-hybridized carbons (Fsp3) is 0.833. The summed E-state index contributed by atoms with van der Waals surface area (Å²) >= 11 is 0. The van der Waals surface area contributed by atoms with Crippen LogP contribution in [0.2, 0.25) is 0 Å². The number of hydrogen-bond donors (Lipinski definition) is 5. The number of nitrogens with two attached hydrogens (primary N) is 2. The summed E-state index contributed by atoms with van der Waals surface area (Å²) < 4.78 is 0. The lowest BCUT2D eigenvalue weighted by molar-refractivity contribution is -0.140. The molecule has 1 saturated heterocycles. The van der Waals surface area contributed by atoms with Crippen molar-refractivity contribution in [1.82, 2.24) is 10.6 Å². The predicted octanol–water partition coefficient (Wildman–Crippen LogP) is -0.427. The molecule has 1 heterocycles. The summed E-state index contributed by atoms with van der Waals surface area (Å²) in [6.45, 7) is 3.39. The minimum absolute atomic E-state index is 0.0424. The standard InChI is InChI=1S/C12H25N5O2/c1-12(6-2-3-8-16-12)17-9(10(18)19)5-4-7-15-11(13)14/h9,16-17H,2-8H2,1H3,(H,18,19)(H4,13,14,15)/t9-,12?/m0/s1. The molecule has 0 aliphatic carbocycles. The van der Waals surface area contributed by atoms with Crippen LogP contribution in [0.1, 0.15) is 39.0 Å². The average Bonchev–Trinajstić information content (AvgIpc) is 2.33. The van der Waals surface area contributed by atoms with Gasteiger partial charge in [-0.05, 0) is 45.6 Å². The molecule has 7 nitrogen and oxygen atoms in total. The van der Waals surface area contributed by atoms with Gasteiger partial charge in [-0.3, -0.25) is 20.4 Å². The van der Waals surface area contributed by atoms with Crippen LogP contribution in [0, 0.1) is 0 Å². The van der Waals surface area contributed by atoms with Crippen molar-refractivity contribution in [2.45, 2.75) is 50.7 Å². The zero-order valence-corrected chi connectivity index (χ0v) is 11.5. The first-order valence-electron chi connectivity index (χ1n) is 6.74. The van der Waals surface area contributed by atoms with Gasteiger partial charge in [-0.15, -0.1) is 0 Å². The van der Waals surface area contributed by atoms with E-state index in [0.29, 0.717) is 19.4 Å². The quantitative estimate of drug-likeness (QED) is 0.243. The Labute approximate surface area is 113 Å². The van der Waals surface area contributed by atoms with Crippen LogP contribution in [-0.2, 0) is 4.79 Å². The third-order valence-electron chi connectivity index (χ3n) is 3.35. The number of aliphatic imine (C=N–C) groups is 1. The van der Waals surface area contributed by atoms with Gasteiger partial charge in [-0.1, -0.05) is 0 Å². The summed E-state index contributed by atoms with van der Waals surface area (Å²) in [6.07, 6.45) is 4.32. The van der Waals surface area contributed by atoms with Crippen molar-refractivity contribution in [3.63, 3.8) is 0 Å². The van der Waals surface area contributed by atoms with Crippen LogP contribution in [0.25, 0.3) is 0 Å². The average molecular weight is 271 g/mol. The molecule has 0 spiro atoms. The molecule has 1 aliphatic rings. The van der Waals surface area contributed by atoms with Crippen LogP contribution in [-0.4, -0.2) is 41.8 Å². The zero-order valence-electron chi connectivity index (χ0n) is 11.5. The zero-order chi connectivity index (χ0) is 14.3. The molecule has 1 rings (SSSR count). The maximum atomic E-state index is 11.3. The number of carboxylic acid groups (broad SMARTS) is 1. The molecule has 19 heavy (non-hydrogen) atoms. The van der Waals surface area contributed by atoms with Gasteiger partial charge in [0.05, 0.1) is 5.66 Å². The van der Waals surface area contributed by atoms with Crippen molar-refractivity contribution in [2.24, 2.45) is 16.5 Å². The molecule has 7 N–H and O–H groups in total. The number of nitrogens with one attached hydrogen (secondary N) is 2. The minimum Gasteiger partial charge on any atom is -0.480 e. The molecule has 0 aromatic carbocycles. The highest BCUT2D eigenvalue weighted by atomic mass is 16.4. The lowest BCUT2D eigenvalue weighted by Crippen LogP contribution is -2.61. The Morgan fingerprint density at radius 3 is 2.79 bits per heavy atom. The topological polar surface area (TPSA) is 126 Å². The maximum Gasteiger partial charge on any atom is 0.320 e. The molecule has 1 unspecified atom stereocenters. The van der Waals surface area contributed by atoms with Gasteiger partial charge in [0, 0.05) is 6.54 Å². The molecular weight excluding hydrogens is 246 g/mol. The Bertz CT molecular complexity index is 322. The second-order valence-electron chi connectivity index (χ2n) is 5.20. The first-order valence-corrected chi connectivity index (χ1v) is 6.74. The van der Waals surface area contributed by atoms with Gasteiger partial charge in [0.1, 0.15) is 6.04 Å². The Balaban J connectivity index is 2.43. The first-order chi connectivity index (χ1) is 8.93. The van der Waals surface area contributed by atoms with Gasteiger partial charge in [0.15, 0.2) is 5.96 Å². The second kappa shape index (κ2) is 7.30. The maximum absolute atomic E-state index is 11.3. The third-order valence-corrected chi connectivity index (χ3v) is 3.35. The van der Waals surface area contributed by atoms with Gasteiger partial charge in [-0.25, -0.2) is 0 Å². The number of aliphatic carboxylic acids is 1. The number of carboxylic acids is 1. The minimum atomic E-state index is -0.835. The fourth-order valence-corrected chi connectivity index (χ4v) is 2.32. The van der Waals surface area contributed by atoms with Crippen molar-refractivity contribution in [2.75, 3.05) is 13.1 Å². The van der Waals surface area contributed by atoms with Gasteiger partial charge in [0.25, 0.3) is 0 Å². The Morgan fingerprint density at radius 1 is 1.53 bits per heavy atom. The number of hydrogen-bond acceptors (Lipinski definition) is 4. The largest absolute Gasteiger partial charge is 0.480 e.